The lowest BCUT2D eigenvalue weighted by Gasteiger charge is -2.36. The molecule has 1 N–H and O–H groups in total. The number of likely N-dealkylation sites (tertiary alicyclic amines) is 1. The minimum Gasteiger partial charge on any atom is -0.469 e. The van der Waals surface area contributed by atoms with Crippen LogP contribution in [0.4, 0.5) is 0 Å². The minimum absolute atomic E-state index is 0.00255. The van der Waals surface area contributed by atoms with Crippen LogP contribution in [0.25, 0.3) is 0 Å². The number of carbonyl (C=O) groups is 2. The Morgan fingerprint density at radius 3 is 2.38 bits per heavy atom. The molecule has 0 aromatic rings. The summed E-state index contributed by atoms with van der Waals surface area (Å²) >= 11 is 0. The lowest BCUT2D eigenvalue weighted by molar-refractivity contribution is -0.150. The van der Waals surface area contributed by atoms with Crippen LogP contribution in [0.5, 0.6) is 0 Å². The maximum Gasteiger partial charge on any atom is 0.309 e. The van der Waals surface area contributed by atoms with Crippen LogP contribution in [-0.2, 0) is 19.1 Å². The molecular formula is C15H25NO5. The summed E-state index contributed by atoms with van der Waals surface area (Å²) in [5.41, 5.74) is 0. The van der Waals surface area contributed by atoms with Crippen molar-refractivity contribution < 1.29 is 24.2 Å². The molecule has 3 atom stereocenters. The van der Waals surface area contributed by atoms with E-state index in [9.17, 15) is 14.7 Å². The van der Waals surface area contributed by atoms with E-state index in [4.69, 9.17) is 9.47 Å². The molecule has 0 bridgehead atoms. The Bertz CT molecular complexity index is 378. The monoisotopic (exact) mass is 299 g/mol. The summed E-state index contributed by atoms with van der Waals surface area (Å²) in [5, 5.41) is 10.2. The SMILES string of the molecule is CCOC(=O)C1CCN([C@@H]2C[C@H](C(=O)OC)C[C@H]2O)CC1. The van der Waals surface area contributed by atoms with Gasteiger partial charge in [-0.15, -0.1) is 0 Å². The molecule has 0 amide bonds. The number of aliphatic hydroxyl groups excluding tert-OH is 1. The van der Waals surface area contributed by atoms with Gasteiger partial charge in [0.25, 0.3) is 0 Å². The molecule has 0 aromatic heterocycles. The zero-order valence-electron chi connectivity index (χ0n) is 12.8. The van der Waals surface area contributed by atoms with Gasteiger partial charge in [0.2, 0.25) is 0 Å². The maximum absolute atomic E-state index is 11.7. The number of ether oxygens (including phenoxy) is 2. The molecule has 1 saturated heterocycles. The summed E-state index contributed by atoms with van der Waals surface area (Å²) in [6.07, 6.45) is 2.12. The highest BCUT2D eigenvalue weighted by Crippen LogP contribution is 2.33. The molecule has 2 aliphatic rings. The fraction of sp³-hybridized carbons (Fsp3) is 0.867. The van der Waals surface area contributed by atoms with Gasteiger partial charge in [0.1, 0.15) is 0 Å². The number of hydrogen-bond donors (Lipinski definition) is 1. The Morgan fingerprint density at radius 1 is 1.14 bits per heavy atom. The summed E-state index contributed by atoms with van der Waals surface area (Å²) in [5.74, 6) is -0.594. The van der Waals surface area contributed by atoms with E-state index in [-0.39, 0.29) is 29.8 Å². The van der Waals surface area contributed by atoms with Crippen LogP contribution in [0.3, 0.4) is 0 Å². The number of carbonyl (C=O) groups excluding carboxylic acids is 2. The van der Waals surface area contributed by atoms with Crippen LogP contribution in [0.1, 0.15) is 32.6 Å². The highest BCUT2D eigenvalue weighted by atomic mass is 16.5. The number of esters is 2. The van der Waals surface area contributed by atoms with Crippen LogP contribution in [-0.4, -0.2) is 60.9 Å². The first-order valence-corrected chi connectivity index (χ1v) is 7.73. The van der Waals surface area contributed by atoms with Crippen molar-refractivity contribution in [2.24, 2.45) is 11.8 Å². The van der Waals surface area contributed by atoms with Crippen molar-refractivity contribution in [3.8, 4) is 0 Å². The summed E-state index contributed by atoms with van der Waals surface area (Å²) in [4.78, 5) is 25.5. The van der Waals surface area contributed by atoms with Crippen molar-refractivity contribution in [3.05, 3.63) is 0 Å². The fourth-order valence-corrected chi connectivity index (χ4v) is 3.47. The van der Waals surface area contributed by atoms with Crippen molar-refractivity contribution in [2.75, 3.05) is 26.8 Å². The van der Waals surface area contributed by atoms with E-state index >= 15 is 0 Å². The highest BCUT2D eigenvalue weighted by Gasteiger charge is 2.41. The quantitative estimate of drug-likeness (QED) is 0.765. The van der Waals surface area contributed by atoms with Gasteiger partial charge in [-0.1, -0.05) is 0 Å². The minimum atomic E-state index is -0.492. The first-order valence-electron chi connectivity index (χ1n) is 7.73. The van der Waals surface area contributed by atoms with Gasteiger partial charge in [-0.2, -0.15) is 0 Å². The average Bonchev–Trinajstić information content (AvgIpc) is 2.89. The Hall–Kier alpha value is -1.14. The van der Waals surface area contributed by atoms with Gasteiger partial charge in [-0.25, -0.2) is 0 Å². The molecule has 21 heavy (non-hydrogen) atoms. The molecular weight excluding hydrogens is 274 g/mol. The van der Waals surface area contributed by atoms with Gasteiger partial charge in [0.15, 0.2) is 0 Å². The van der Waals surface area contributed by atoms with Crippen molar-refractivity contribution >= 4 is 11.9 Å². The van der Waals surface area contributed by atoms with Gasteiger partial charge < -0.3 is 14.6 Å². The number of piperidine rings is 1. The molecule has 1 saturated carbocycles. The third-order valence-corrected chi connectivity index (χ3v) is 4.65. The zero-order valence-corrected chi connectivity index (χ0v) is 12.8. The second kappa shape index (κ2) is 7.22. The summed E-state index contributed by atoms with van der Waals surface area (Å²) in [6, 6.07) is -0.00255. The molecule has 0 radical (unpaired) electrons. The van der Waals surface area contributed by atoms with E-state index in [1.807, 2.05) is 6.92 Å². The summed E-state index contributed by atoms with van der Waals surface area (Å²) in [7, 11) is 1.38. The molecule has 1 heterocycles. The van der Waals surface area contributed by atoms with Crippen molar-refractivity contribution in [2.45, 2.75) is 44.8 Å². The molecule has 6 heteroatoms. The maximum atomic E-state index is 11.7. The Kier molecular flexibility index (Phi) is 5.58. The largest absolute Gasteiger partial charge is 0.469 e. The van der Waals surface area contributed by atoms with Gasteiger partial charge >= 0.3 is 11.9 Å². The lowest BCUT2D eigenvalue weighted by Crippen LogP contribution is -2.46. The predicted molar refractivity (Wildman–Crippen MR) is 75.5 cm³/mol. The Morgan fingerprint density at radius 2 is 1.81 bits per heavy atom. The average molecular weight is 299 g/mol. The summed E-state index contributed by atoms with van der Waals surface area (Å²) < 4.78 is 9.82. The second-order valence-corrected chi connectivity index (χ2v) is 5.89. The number of hydrogen-bond acceptors (Lipinski definition) is 6. The Labute approximate surface area is 125 Å². The number of methoxy groups -OCH3 is 1. The van der Waals surface area contributed by atoms with Crippen molar-refractivity contribution in [1.82, 2.24) is 4.90 Å². The molecule has 0 aromatic carbocycles. The van der Waals surface area contributed by atoms with E-state index in [1.165, 1.54) is 7.11 Å². The second-order valence-electron chi connectivity index (χ2n) is 5.89. The number of rotatable bonds is 4. The lowest BCUT2D eigenvalue weighted by atomic mass is 9.95. The smallest absolute Gasteiger partial charge is 0.309 e. The third-order valence-electron chi connectivity index (χ3n) is 4.65. The molecule has 120 valence electrons. The van der Waals surface area contributed by atoms with Gasteiger partial charge in [0.05, 0.1) is 31.7 Å². The van der Waals surface area contributed by atoms with Gasteiger partial charge in [-0.05, 0) is 45.7 Å². The molecule has 2 fully saturated rings. The molecule has 6 nitrogen and oxygen atoms in total. The first-order chi connectivity index (χ1) is 10.1. The summed E-state index contributed by atoms with van der Waals surface area (Å²) in [6.45, 7) is 3.76. The fourth-order valence-electron chi connectivity index (χ4n) is 3.47. The van der Waals surface area contributed by atoms with Crippen molar-refractivity contribution in [1.29, 1.82) is 0 Å². The zero-order chi connectivity index (χ0) is 15.4. The topological polar surface area (TPSA) is 76.1 Å². The predicted octanol–water partition coefficient (Wildman–Crippen LogP) is 0.574. The van der Waals surface area contributed by atoms with Crippen LogP contribution in [0, 0.1) is 11.8 Å². The first kappa shape index (κ1) is 16.2. The third kappa shape index (κ3) is 3.74. The van der Waals surface area contributed by atoms with Crippen LogP contribution in [0.15, 0.2) is 0 Å². The van der Waals surface area contributed by atoms with E-state index < -0.39 is 6.10 Å². The van der Waals surface area contributed by atoms with Crippen LogP contribution in [0.2, 0.25) is 0 Å². The molecule has 1 aliphatic carbocycles. The molecule has 0 unspecified atom stereocenters. The van der Waals surface area contributed by atoms with E-state index in [0.29, 0.717) is 19.4 Å². The normalized spacial score (nSPS) is 31.1. The number of aliphatic hydroxyl groups is 1. The van der Waals surface area contributed by atoms with Crippen LogP contribution >= 0.6 is 0 Å². The van der Waals surface area contributed by atoms with E-state index in [2.05, 4.69) is 4.90 Å². The standard InChI is InChI=1S/C15H25NO5/c1-3-21-15(19)10-4-6-16(7-5-10)12-8-11(9-13(12)17)14(18)20-2/h10-13,17H,3-9H2,1-2H3/t11-,12+,13+/m0/s1. The highest BCUT2D eigenvalue weighted by molar-refractivity contribution is 5.73. The van der Waals surface area contributed by atoms with E-state index in [0.717, 1.165) is 25.9 Å². The molecule has 2 rings (SSSR count). The van der Waals surface area contributed by atoms with Crippen molar-refractivity contribution in [3.63, 3.8) is 0 Å². The molecule has 0 spiro atoms. The Balaban J connectivity index is 1.85. The van der Waals surface area contributed by atoms with E-state index in [1.54, 1.807) is 0 Å². The van der Waals surface area contributed by atoms with Crippen LogP contribution < -0.4 is 0 Å². The van der Waals surface area contributed by atoms with Gasteiger partial charge in [0, 0.05) is 6.04 Å². The molecule has 1 aliphatic heterocycles. The number of nitrogens with zero attached hydrogens (tertiary/aromatic N) is 1. The van der Waals surface area contributed by atoms with Gasteiger partial charge in [-0.3, -0.25) is 14.5 Å².